The molecule has 2 aromatic carbocycles. The van der Waals surface area contributed by atoms with Crippen LogP contribution >= 0.6 is 0 Å². The zero-order chi connectivity index (χ0) is 14.8. The first-order chi connectivity index (χ1) is 10.1. The first kappa shape index (κ1) is 13.2. The Morgan fingerprint density at radius 2 is 1.90 bits per heavy atom. The Bertz CT molecular complexity index is 781. The average Bonchev–Trinajstić information content (AvgIpc) is 2.51. The fourth-order valence-electron chi connectivity index (χ4n) is 2.30. The fourth-order valence-corrected chi connectivity index (χ4v) is 2.30. The van der Waals surface area contributed by atoms with Gasteiger partial charge in [-0.1, -0.05) is 6.07 Å². The molecule has 4 nitrogen and oxygen atoms in total. The number of aromatic nitrogens is 1. The lowest BCUT2D eigenvalue weighted by molar-refractivity contribution is 1.13. The normalized spacial score (nSPS) is 10.6. The first-order valence-corrected chi connectivity index (χ1v) is 6.83. The molecule has 0 saturated heterocycles. The first-order valence-electron chi connectivity index (χ1n) is 6.83. The van der Waals surface area contributed by atoms with Crippen molar-refractivity contribution in [3.63, 3.8) is 0 Å². The van der Waals surface area contributed by atoms with Crippen molar-refractivity contribution in [2.24, 2.45) is 0 Å². The van der Waals surface area contributed by atoms with Gasteiger partial charge in [0.15, 0.2) is 0 Å². The van der Waals surface area contributed by atoms with Crippen LogP contribution in [0.2, 0.25) is 0 Å². The van der Waals surface area contributed by atoms with E-state index in [0.717, 1.165) is 33.7 Å². The summed E-state index contributed by atoms with van der Waals surface area (Å²) < 4.78 is 0. The van der Waals surface area contributed by atoms with Gasteiger partial charge < -0.3 is 16.0 Å². The molecule has 4 heteroatoms. The summed E-state index contributed by atoms with van der Waals surface area (Å²) in [4.78, 5) is 6.38. The molecule has 0 spiro atoms. The lowest BCUT2D eigenvalue weighted by atomic mass is 10.1. The number of nitrogens with two attached hydrogens (primary N) is 1. The van der Waals surface area contributed by atoms with Crippen LogP contribution in [0.5, 0.6) is 0 Å². The van der Waals surface area contributed by atoms with Gasteiger partial charge in [0.2, 0.25) is 0 Å². The molecule has 3 rings (SSSR count). The highest BCUT2D eigenvalue weighted by molar-refractivity contribution is 5.97. The van der Waals surface area contributed by atoms with Crippen molar-refractivity contribution in [1.82, 2.24) is 4.98 Å². The predicted molar refractivity (Wildman–Crippen MR) is 90.2 cm³/mol. The van der Waals surface area contributed by atoms with Crippen molar-refractivity contribution in [1.29, 1.82) is 0 Å². The lowest BCUT2D eigenvalue weighted by Gasteiger charge is -2.15. The maximum atomic E-state index is 6.25. The van der Waals surface area contributed by atoms with Crippen molar-refractivity contribution in [3.05, 3.63) is 54.7 Å². The molecule has 0 radical (unpaired) electrons. The van der Waals surface area contributed by atoms with Crippen LogP contribution < -0.4 is 16.0 Å². The molecular formula is C17H18N4. The standard InChI is InChI=1S/C17H18N4/c1-21(2)13-6-3-5-12(11-13)20-16-9-8-15-14(17(16)18)7-4-10-19-15/h3-11,20H,18H2,1-2H3. The van der Waals surface area contributed by atoms with Crippen molar-refractivity contribution < 1.29 is 0 Å². The van der Waals surface area contributed by atoms with Crippen molar-refractivity contribution in [2.75, 3.05) is 30.0 Å². The maximum absolute atomic E-state index is 6.25. The molecule has 0 fully saturated rings. The van der Waals surface area contributed by atoms with Crippen molar-refractivity contribution in [3.8, 4) is 0 Å². The van der Waals surface area contributed by atoms with Gasteiger partial charge in [0.05, 0.1) is 16.9 Å². The molecule has 1 aromatic heterocycles. The number of anilines is 4. The van der Waals surface area contributed by atoms with Crippen LogP contribution in [-0.2, 0) is 0 Å². The van der Waals surface area contributed by atoms with E-state index < -0.39 is 0 Å². The average molecular weight is 278 g/mol. The molecule has 0 aliphatic heterocycles. The third-order valence-corrected chi connectivity index (χ3v) is 3.47. The second-order valence-corrected chi connectivity index (χ2v) is 5.17. The Labute approximate surface area is 124 Å². The Morgan fingerprint density at radius 3 is 2.71 bits per heavy atom. The van der Waals surface area contributed by atoms with Crippen LogP contribution in [0.4, 0.5) is 22.7 Å². The molecule has 0 aliphatic rings. The minimum absolute atomic E-state index is 0.718. The van der Waals surface area contributed by atoms with Gasteiger partial charge in [-0.15, -0.1) is 0 Å². The van der Waals surface area contributed by atoms with E-state index in [4.69, 9.17) is 5.73 Å². The molecule has 0 atom stereocenters. The highest BCUT2D eigenvalue weighted by Gasteiger charge is 2.06. The molecule has 1 heterocycles. The van der Waals surface area contributed by atoms with Gasteiger partial charge in [-0.3, -0.25) is 4.98 Å². The number of hydrogen-bond donors (Lipinski definition) is 2. The van der Waals surface area contributed by atoms with E-state index in [1.54, 1.807) is 6.20 Å². The number of nitrogen functional groups attached to an aromatic ring is 1. The SMILES string of the molecule is CN(C)c1cccc(Nc2ccc3ncccc3c2N)c1. The van der Waals surface area contributed by atoms with Gasteiger partial charge in [0.25, 0.3) is 0 Å². The zero-order valence-corrected chi connectivity index (χ0v) is 12.2. The van der Waals surface area contributed by atoms with Gasteiger partial charge in [-0.05, 0) is 42.5 Å². The van der Waals surface area contributed by atoms with E-state index in [9.17, 15) is 0 Å². The molecule has 106 valence electrons. The van der Waals surface area contributed by atoms with Crippen LogP contribution in [0.25, 0.3) is 10.9 Å². The number of nitrogens with zero attached hydrogens (tertiary/aromatic N) is 2. The summed E-state index contributed by atoms with van der Waals surface area (Å²) in [7, 11) is 4.05. The number of fused-ring (bicyclic) bond motifs is 1. The number of pyridine rings is 1. The summed E-state index contributed by atoms with van der Waals surface area (Å²) in [5, 5.41) is 4.34. The Morgan fingerprint density at radius 1 is 1.05 bits per heavy atom. The summed E-state index contributed by atoms with van der Waals surface area (Å²) in [6.07, 6.45) is 1.77. The summed E-state index contributed by atoms with van der Waals surface area (Å²) in [5.41, 5.74) is 10.9. The predicted octanol–water partition coefficient (Wildman–Crippen LogP) is 3.63. The zero-order valence-electron chi connectivity index (χ0n) is 12.2. The number of nitrogens with one attached hydrogen (secondary N) is 1. The summed E-state index contributed by atoms with van der Waals surface area (Å²) in [6.45, 7) is 0. The quantitative estimate of drug-likeness (QED) is 0.718. The second kappa shape index (κ2) is 5.32. The lowest BCUT2D eigenvalue weighted by Crippen LogP contribution is -2.08. The molecule has 0 aliphatic carbocycles. The highest BCUT2D eigenvalue weighted by Crippen LogP contribution is 2.30. The van der Waals surface area contributed by atoms with Gasteiger partial charge in [-0.25, -0.2) is 0 Å². The molecule has 3 aromatic rings. The number of hydrogen-bond acceptors (Lipinski definition) is 4. The van der Waals surface area contributed by atoms with E-state index >= 15 is 0 Å². The van der Waals surface area contributed by atoms with Crippen LogP contribution in [0.1, 0.15) is 0 Å². The van der Waals surface area contributed by atoms with E-state index in [-0.39, 0.29) is 0 Å². The summed E-state index contributed by atoms with van der Waals surface area (Å²) in [6, 6.07) is 16.0. The highest BCUT2D eigenvalue weighted by atomic mass is 15.1. The number of rotatable bonds is 3. The van der Waals surface area contributed by atoms with Gasteiger partial charge in [0, 0.05) is 37.1 Å². The molecule has 0 unspecified atom stereocenters. The Kier molecular flexibility index (Phi) is 3.36. The van der Waals surface area contributed by atoms with Gasteiger partial charge >= 0.3 is 0 Å². The smallest absolute Gasteiger partial charge is 0.0724 e. The second-order valence-electron chi connectivity index (χ2n) is 5.17. The number of benzene rings is 2. The summed E-state index contributed by atoms with van der Waals surface area (Å²) in [5.74, 6) is 0. The molecule has 3 N–H and O–H groups in total. The van der Waals surface area contributed by atoms with Crippen LogP contribution in [0, 0.1) is 0 Å². The van der Waals surface area contributed by atoms with Crippen LogP contribution in [0.15, 0.2) is 54.7 Å². The monoisotopic (exact) mass is 278 g/mol. The molecule has 21 heavy (non-hydrogen) atoms. The molecule has 0 amide bonds. The Hall–Kier alpha value is -2.75. The Balaban J connectivity index is 1.98. The van der Waals surface area contributed by atoms with Crippen molar-refractivity contribution >= 4 is 33.7 Å². The molecule has 0 bridgehead atoms. The van der Waals surface area contributed by atoms with Gasteiger partial charge in [0.1, 0.15) is 0 Å². The van der Waals surface area contributed by atoms with Crippen LogP contribution in [-0.4, -0.2) is 19.1 Å². The fraction of sp³-hybridized carbons (Fsp3) is 0.118. The third-order valence-electron chi connectivity index (χ3n) is 3.47. The molecule has 0 saturated carbocycles. The summed E-state index contributed by atoms with van der Waals surface area (Å²) >= 11 is 0. The minimum atomic E-state index is 0.718. The largest absolute Gasteiger partial charge is 0.396 e. The maximum Gasteiger partial charge on any atom is 0.0724 e. The van der Waals surface area contributed by atoms with E-state index in [1.807, 2.05) is 50.5 Å². The van der Waals surface area contributed by atoms with Gasteiger partial charge in [-0.2, -0.15) is 0 Å². The van der Waals surface area contributed by atoms with Crippen LogP contribution in [0.3, 0.4) is 0 Å². The third kappa shape index (κ3) is 2.60. The van der Waals surface area contributed by atoms with Crippen molar-refractivity contribution in [2.45, 2.75) is 0 Å². The molecular weight excluding hydrogens is 260 g/mol. The van der Waals surface area contributed by atoms with E-state index in [2.05, 4.69) is 27.3 Å². The topological polar surface area (TPSA) is 54.2 Å². The minimum Gasteiger partial charge on any atom is -0.396 e. The van der Waals surface area contributed by atoms with E-state index in [1.165, 1.54) is 0 Å². The van der Waals surface area contributed by atoms with E-state index in [0.29, 0.717) is 0 Å².